The van der Waals surface area contributed by atoms with Crippen molar-refractivity contribution in [1.82, 2.24) is 0 Å². The van der Waals surface area contributed by atoms with Crippen molar-refractivity contribution < 1.29 is 38.3 Å². The van der Waals surface area contributed by atoms with Crippen molar-refractivity contribution in [3.05, 3.63) is 0 Å². The molecule has 8 heteroatoms. The first-order valence-electron chi connectivity index (χ1n) is 13.6. The largest absolute Gasteiger partial charge is 0.380 e. The second kappa shape index (κ2) is 25.1. The molecule has 0 bridgehead atoms. The quantitative estimate of drug-likeness (QED) is 0.209. The normalized spacial score (nSPS) is 11.7. The molecule has 0 aromatic heterocycles. The SMILES string of the molecule is C#CC(OCC)OCC.CCOC(C#CC(=O)C(C)(C)C)OCC.CCOC(C#CC(O)C(C)(C)C)OCC. The average molecular weight is 555 g/mol. The minimum atomic E-state index is -0.666. The van der Waals surface area contributed by atoms with E-state index in [9.17, 15) is 9.90 Å². The van der Waals surface area contributed by atoms with Crippen LogP contribution < -0.4 is 0 Å². The third-order valence-electron chi connectivity index (χ3n) is 4.19. The Morgan fingerprint density at radius 3 is 1.26 bits per heavy atom. The molecule has 1 unspecified atom stereocenters. The second-order valence-corrected chi connectivity index (χ2v) is 9.80. The van der Waals surface area contributed by atoms with Crippen molar-refractivity contribution in [3.8, 4) is 36.0 Å². The molecule has 0 fully saturated rings. The number of hydrogen-bond acceptors (Lipinski definition) is 8. The van der Waals surface area contributed by atoms with Crippen LogP contribution in [0.5, 0.6) is 0 Å². The highest BCUT2D eigenvalue weighted by atomic mass is 16.7. The molecule has 0 rings (SSSR count). The second-order valence-electron chi connectivity index (χ2n) is 9.80. The van der Waals surface area contributed by atoms with Crippen LogP contribution in [0.4, 0.5) is 0 Å². The predicted molar refractivity (Wildman–Crippen MR) is 155 cm³/mol. The number of ether oxygens (including phenoxy) is 6. The number of aliphatic hydroxyl groups is 1. The fourth-order valence-corrected chi connectivity index (χ4v) is 1.99. The average Bonchev–Trinajstić information content (AvgIpc) is 2.85. The van der Waals surface area contributed by atoms with Crippen molar-refractivity contribution in [2.75, 3.05) is 39.6 Å². The fraction of sp³-hybridized carbons (Fsp3) is 0.774. The molecule has 0 aliphatic heterocycles. The van der Waals surface area contributed by atoms with Crippen molar-refractivity contribution in [2.45, 2.75) is 108 Å². The lowest BCUT2D eigenvalue weighted by atomic mass is 9.90. The molecule has 8 nitrogen and oxygen atoms in total. The topological polar surface area (TPSA) is 92.7 Å². The van der Waals surface area contributed by atoms with Crippen LogP contribution >= 0.6 is 0 Å². The summed E-state index contributed by atoms with van der Waals surface area (Å²) in [5, 5.41) is 9.69. The van der Waals surface area contributed by atoms with Gasteiger partial charge in [-0.05, 0) is 70.6 Å². The number of terminal acetylenes is 1. The summed E-state index contributed by atoms with van der Waals surface area (Å²) >= 11 is 0. The van der Waals surface area contributed by atoms with Gasteiger partial charge in [-0.2, -0.15) is 0 Å². The van der Waals surface area contributed by atoms with E-state index in [0.29, 0.717) is 39.6 Å². The number of ketones is 1. The van der Waals surface area contributed by atoms with Gasteiger partial charge in [0.25, 0.3) is 0 Å². The number of aliphatic hydroxyl groups excluding tert-OH is 1. The Morgan fingerprint density at radius 1 is 0.641 bits per heavy atom. The molecule has 0 aromatic carbocycles. The van der Waals surface area contributed by atoms with Gasteiger partial charge in [0.2, 0.25) is 24.7 Å². The van der Waals surface area contributed by atoms with Gasteiger partial charge in [-0.15, -0.1) is 6.42 Å². The van der Waals surface area contributed by atoms with Crippen LogP contribution in [0.25, 0.3) is 0 Å². The highest BCUT2D eigenvalue weighted by Crippen LogP contribution is 2.18. The predicted octanol–water partition coefficient (Wildman–Crippen LogP) is 4.82. The van der Waals surface area contributed by atoms with Gasteiger partial charge in [-0.25, -0.2) is 0 Å². The molecule has 0 aliphatic carbocycles. The van der Waals surface area contributed by atoms with Crippen molar-refractivity contribution in [2.24, 2.45) is 10.8 Å². The lowest BCUT2D eigenvalue weighted by molar-refractivity contribution is -0.120. The van der Waals surface area contributed by atoms with E-state index in [1.54, 1.807) is 0 Å². The van der Waals surface area contributed by atoms with Gasteiger partial charge in [0.05, 0.1) is 0 Å². The van der Waals surface area contributed by atoms with E-state index in [2.05, 4.69) is 29.6 Å². The number of rotatable bonds is 12. The highest BCUT2D eigenvalue weighted by molar-refractivity contribution is 5.99. The van der Waals surface area contributed by atoms with Crippen molar-refractivity contribution in [3.63, 3.8) is 0 Å². The summed E-state index contributed by atoms with van der Waals surface area (Å²) in [6, 6.07) is 0. The molecule has 1 N–H and O–H groups in total. The van der Waals surface area contributed by atoms with Gasteiger partial charge in [0, 0.05) is 45.1 Å². The molecule has 0 saturated heterocycles. The zero-order valence-electron chi connectivity index (χ0n) is 26.4. The number of Topliss-reactive ketones (excluding diaryl/α,β-unsaturated/α-hetero) is 1. The molecule has 0 aliphatic rings. The zero-order valence-corrected chi connectivity index (χ0v) is 26.4. The number of carbonyl (C=O) groups is 1. The van der Waals surface area contributed by atoms with Gasteiger partial charge in [-0.1, -0.05) is 47.5 Å². The maximum Gasteiger partial charge on any atom is 0.222 e. The Labute approximate surface area is 238 Å². The summed E-state index contributed by atoms with van der Waals surface area (Å²) in [6.07, 6.45) is 2.80. The summed E-state index contributed by atoms with van der Waals surface area (Å²) in [5.74, 6) is 13.0. The van der Waals surface area contributed by atoms with Gasteiger partial charge < -0.3 is 33.5 Å². The smallest absolute Gasteiger partial charge is 0.222 e. The molecule has 226 valence electrons. The van der Waals surface area contributed by atoms with E-state index >= 15 is 0 Å². The van der Waals surface area contributed by atoms with Gasteiger partial charge in [0.1, 0.15) is 6.10 Å². The monoisotopic (exact) mass is 554 g/mol. The zero-order chi connectivity index (χ0) is 30.9. The van der Waals surface area contributed by atoms with E-state index in [4.69, 9.17) is 34.8 Å². The maximum atomic E-state index is 11.5. The standard InChI is InChI=1S/C12H22O3.C12H20O3.C7H12O2/c2*1-6-14-11(15-7-2)9-8-10(13)12(3,4)5;1-4-7(8-5-2)9-6-3/h10-11,13H,6-7H2,1-5H3;11H,6-7H2,1-5H3;1,7H,5-6H2,2-3H3. The van der Waals surface area contributed by atoms with Crippen LogP contribution in [0.1, 0.15) is 83.1 Å². The molecule has 39 heavy (non-hydrogen) atoms. The molecular weight excluding hydrogens is 500 g/mol. The minimum absolute atomic E-state index is 0.105. The van der Waals surface area contributed by atoms with Gasteiger partial charge in [-0.3, -0.25) is 4.79 Å². The first-order chi connectivity index (χ1) is 18.2. The van der Waals surface area contributed by atoms with Crippen LogP contribution in [0.3, 0.4) is 0 Å². The van der Waals surface area contributed by atoms with Crippen LogP contribution in [0.2, 0.25) is 0 Å². The fourth-order valence-electron chi connectivity index (χ4n) is 1.99. The van der Waals surface area contributed by atoms with Crippen molar-refractivity contribution in [1.29, 1.82) is 0 Å². The van der Waals surface area contributed by atoms with E-state index < -0.39 is 30.4 Å². The Bertz CT molecular complexity index is 747. The molecule has 0 radical (unpaired) electrons. The van der Waals surface area contributed by atoms with E-state index in [-0.39, 0.29) is 11.2 Å². The van der Waals surface area contributed by atoms with Crippen LogP contribution in [-0.2, 0) is 33.2 Å². The molecule has 0 aromatic rings. The summed E-state index contributed by atoms with van der Waals surface area (Å²) < 4.78 is 30.8. The van der Waals surface area contributed by atoms with Crippen LogP contribution in [0, 0.1) is 46.9 Å². The van der Waals surface area contributed by atoms with Gasteiger partial charge in [0.15, 0.2) is 0 Å². The molecule has 0 spiro atoms. The van der Waals surface area contributed by atoms with E-state index in [0.717, 1.165) is 0 Å². The lowest BCUT2D eigenvalue weighted by Gasteiger charge is -2.21. The Kier molecular flexibility index (Phi) is 26.7. The van der Waals surface area contributed by atoms with E-state index in [1.807, 2.05) is 83.1 Å². The molecular formula is C31H54O8. The van der Waals surface area contributed by atoms with E-state index in [1.165, 1.54) is 0 Å². The molecule has 1 atom stereocenters. The molecule has 0 heterocycles. The minimum Gasteiger partial charge on any atom is -0.380 e. The Balaban J connectivity index is -0.000000516. The van der Waals surface area contributed by atoms with Gasteiger partial charge >= 0.3 is 0 Å². The Morgan fingerprint density at radius 2 is 0.974 bits per heavy atom. The highest BCUT2D eigenvalue weighted by Gasteiger charge is 2.20. The molecule has 0 amide bonds. The summed E-state index contributed by atoms with van der Waals surface area (Å²) in [5.41, 5.74) is -0.675. The third kappa shape index (κ3) is 26.1. The maximum absolute atomic E-state index is 11.5. The third-order valence-corrected chi connectivity index (χ3v) is 4.19. The Hall–Kier alpha value is -1.93. The first kappa shape index (κ1) is 41.5. The summed E-state index contributed by atoms with van der Waals surface area (Å²) in [6.45, 7) is 25.9. The summed E-state index contributed by atoms with van der Waals surface area (Å²) in [7, 11) is 0. The van der Waals surface area contributed by atoms with Crippen molar-refractivity contribution >= 4 is 5.78 Å². The number of carbonyl (C=O) groups excluding carboxylic acids is 1. The number of hydrogen-bond donors (Lipinski definition) is 1. The van der Waals surface area contributed by atoms with Crippen LogP contribution in [0.15, 0.2) is 0 Å². The lowest BCUT2D eigenvalue weighted by Crippen LogP contribution is -2.25. The first-order valence-corrected chi connectivity index (χ1v) is 13.6. The van der Waals surface area contributed by atoms with Crippen LogP contribution in [-0.4, -0.2) is 75.5 Å². The molecule has 0 saturated carbocycles. The summed E-state index contributed by atoms with van der Waals surface area (Å²) in [4.78, 5) is 11.5.